The highest BCUT2D eigenvalue weighted by molar-refractivity contribution is 6.37. The van der Waals surface area contributed by atoms with E-state index in [1.807, 2.05) is 12.1 Å². The molecule has 3 N–H and O–H groups in total. The zero-order chi connectivity index (χ0) is 23.1. The maximum absolute atomic E-state index is 12.9. The molecule has 0 aliphatic heterocycles. The van der Waals surface area contributed by atoms with Gasteiger partial charge in [-0.3, -0.25) is 9.59 Å². The van der Waals surface area contributed by atoms with Gasteiger partial charge in [0.1, 0.15) is 5.57 Å². The van der Waals surface area contributed by atoms with Crippen LogP contribution in [0.1, 0.15) is 5.56 Å². The summed E-state index contributed by atoms with van der Waals surface area (Å²) in [5, 5.41) is 10.1. The first kappa shape index (κ1) is 24.0. The zero-order valence-corrected chi connectivity index (χ0v) is 19.5. The smallest absolute Gasteiger partial charge is 0.262 e. The van der Waals surface area contributed by atoms with E-state index in [0.29, 0.717) is 33.0 Å². The van der Waals surface area contributed by atoms with Gasteiger partial charge in [0.25, 0.3) is 11.8 Å². The lowest BCUT2D eigenvalue weighted by molar-refractivity contribution is -0.118. The lowest BCUT2D eigenvalue weighted by atomic mass is 10.2. The molecule has 0 aliphatic carbocycles. The summed E-state index contributed by atoms with van der Waals surface area (Å²) in [6.45, 7) is 0.379. The van der Waals surface area contributed by atoms with Gasteiger partial charge in [0, 0.05) is 33.5 Å². The van der Waals surface area contributed by atoms with Gasteiger partial charge in [0.2, 0.25) is 0 Å². The molecule has 0 radical (unpaired) electrons. The van der Waals surface area contributed by atoms with Crippen molar-refractivity contribution >= 4 is 69.6 Å². The first-order chi connectivity index (χ1) is 15.3. The Morgan fingerprint density at radius 2 is 1.28 bits per heavy atom. The van der Waals surface area contributed by atoms with Gasteiger partial charge in [-0.05, 0) is 60.2 Å². The summed E-state index contributed by atoms with van der Waals surface area (Å²) in [4.78, 5) is 25.8. The minimum absolute atomic E-state index is 0.153. The number of benzene rings is 3. The third-order valence-electron chi connectivity index (χ3n) is 4.24. The molecule has 0 saturated carbocycles. The third kappa shape index (κ3) is 6.90. The number of hydrogen-bond acceptors (Lipinski definition) is 3. The Balaban J connectivity index is 1.79. The van der Waals surface area contributed by atoms with E-state index in [1.54, 1.807) is 48.5 Å². The molecule has 0 spiro atoms. The van der Waals surface area contributed by atoms with Gasteiger partial charge in [0.05, 0.1) is 10.7 Å². The van der Waals surface area contributed by atoms with Crippen LogP contribution in [-0.2, 0) is 16.1 Å². The van der Waals surface area contributed by atoms with Crippen molar-refractivity contribution in [3.05, 3.63) is 104 Å². The molecule has 0 bridgehead atoms. The molecule has 0 saturated heterocycles. The van der Waals surface area contributed by atoms with E-state index in [-0.39, 0.29) is 10.6 Å². The number of anilines is 2. The van der Waals surface area contributed by atoms with Crippen LogP contribution in [0.5, 0.6) is 0 Å². The van der Waals surface area contributed by atoms with Crippen LogP contribution in [0, 0.1) is 0 Å². The molecule has 0 unspecified atom stereocenters. The molecule has 32 heavy (non-hydrogen) atoms. The van der Waals surface area contributed by atoms with Gasteiger partial charge >= 0.3 is 0 Å². The van der Waals surface area contributed by atoms with E-state index in [4.69, 9.17) is 46.4 Å². The average Bonchev–Trinajstić information content (AvgIpc) is 2.76. The SMILES string of the molecule is O=C(Nc1ccc(Cl)cc1)/C(=C/NCc1ccc(Cl)cc1)C(=O)Nc1ccc(Cl)cc1Cl. The fourth-order valence-electron chi connectivity index (χ4n) is 2.62. The minimum Gasteiger partial charge on any atom is -0.386 e. The highest BCUT2D eigenvalue weighted by atomic mass is 35.5. The third-order valence-corrected chi connectivity index (χ3v) is 5.29. The standard InChI is InChI=1S/C23H17Cl4N3O2/c24-15-3-1-14(2-4-15)12-28-13-19(22(31)29-18-8-5-16(25)6-9-18)23(32)30-21-10-7-17(26)11-20(21)27/h1-11,13,28H,12H2,(H,29,31)(H,30,32)/b19-13-. The summed E-state index contributed by atoms with van der Waals surface area (Å²) in [6.07, 6.45) is 1.35. The Kier molecular flexibility index (Phi) is 8.42. The largest absolute Gasteiger partial charge is 0.386 e. The van der Waals surface area contributed by atoms with Crippen molar-refractivity contribution in [1.29, 1.82) is 0 Å². The lowest BCUT2D eigenvalue weighted by Gasteiger charge is -2.12. The Bertz CT molecular complexity index is 1150. The molecule has 0 fully saturated rings. The van der Waals surface area contributed by atoms with Crippen LogP contribution in [0.2, 0.25) is 20.1 Å². The van der Waals surface area contributed by atoms with Crippen LogP contribution < -0.4 is 16.0 Å². The first-order valence-electron chi connectivity index (χ1n) is 9.33. The average molecular weight is 509 g/mol. The minimum atomic E-state index is -0.649. The summed E-state index contributed by atoms with van der Waals surface area (Å²) in [5.41, 5.74) is 1.58. The van der Waals surface area contributed by atoms with Gasteiger partial charge in [-0.2, -0.15) is 0 Å². The van der Waals surface area contributed by atoms with Crippen LogP contribution in [0.25, 0.3) is 0 Å². The summed E-state index contributed by atoms with van der Waals surface area (Å²) < 4.78 is 0. The number of carbonyl (C=O) groups excluding carboxylic acids is 2. The molecule has 164 valence electrons. The normalized spacial score (nSPS) is 11.1. The van der Waals surface area contributed by atoms with Gasteiger partial charge in [-0.25, -0.2) is 0 Å². The monoisotopic (exact) mass is 507 g/mol. The predicted octanol–water partition coefficient (Wildman–Crippen LogP) is 6.55. The Labute approximate surface area is 205 Å². The van der Waals surface area contributed by atoms with Crippen molar-refractivity contribution in [2.45, 2.75) is 6.54 Å². The fraction of sp³-hybridized carbons (Fsp3) is 0.0435. The number of halogens is 4. The maximum atomic E-state index is 12.9. The van der Waals surface area contributed by atoms with E-state index < -0.39 is 11.8 Å². The number of nitrogens with one attached hydrogen (secondary N) is 3. The second-order valence-electron chi connectivity index (χ2n) is 6.60. The fourth-order valence-corrected chi connectivity index (χ4v) is 3.33. The second kappa shape index (κ2) is 11.2. The molecule has 0 heterocycles. The highest BCUT2D eigenvalue weighted by Crippen LogP contribution is 2.26. The second-order valence-corrected chi connectivity index (χ2v) is 8.32. The van der Waals surface area contributed by atoms with Crippen molar-refractivity contribution in [3.8, 4) is 0 Å². The molecule has 0 aliphatic rings. The molecule has 9 heteroatoms. The molecule has 3 rings (SSSR count). The summed E-state index contributed by atoms with van der Waals surface area (Å²) in [7, 11) is 0. The van der Waals surface area contributed by atoms with Gasteiger partial charge in [-0.1, -0.05) is 58.5 Å². The van der Waals surface area contributed by atoms with E-state index in [1.165, 1.54) is 12.3 Å². The molecule has 5 nitrogen and oxygen atoms in total. The number of rotatable bonds is 7. The Morgan fingerprint density at radius 1 is 0.719 bits per heavy atom. The van der Waals surface area contributed by atoms with Crippen LogP contribution in [0.3, 0.4) is 0 Å². The van der Waals surface area contributed by atoms with Crippen LogP contribution >= 0.6 is 46.4 Å². The highest BCUT2D eigenvalue weighted by Gasteiger charge is 2.20. The van der Waals surface area contributed by atoms with Crippen molar-refractivity contribution in [1.82, 2.24) is 5.32 Å². The van der Waals surface area contributed by atoms with Crippen LogP contribution in [0.15, 0.2) is 78.5 Å². The van der Waals surface area contributed by atoms with Crippen LogP contribution in [-0.4, -0.2) is 11.8 Å². The molecule has 3 aromatic carbocycles. The van der Waals surface area contributed by atoms with Crippen molar-refractivity contribution in [2.75, 3.05) is 10.6 Å². The van der Waals surface area contributed by atoms with E-state index >= 15 is 0 Å². The van der Waals surface area contributed by atoms with E-state index in [0.717, 1.165) is 5.56 Å². The van der Waals surface area contributed by atoms with Crippen molar-refractivity contribution in [3.63, 3.8) is 0 Å². The maximum Gasteiger partial charge on any atom is 0.262 e. The Hall–Kier alpha value is -2.70. The predicted molar refractivity (Wildman–Crippen MR) is 132 cm³/mol. The quantitative estimate of drug-likeness (QED) is 0.192. The number of hydrogen-bond donors (Lipinski definition) is 3. The number of amides is 2. The van der Waals surface area contributed by atoms with Crippen molar-refractivity contribution in [2.24, 2.45) is 0 Å². The Morgan fingerprint density at radius 3 is 1.91 bits per heavy atom. The summed E-state index contributed by atoms with van der Waals surface area (Å²) >= 11 is 23.8. The molecule has 2 amide bonds. The first-order valence-corrected chi connectivity index (χ1v) is 10.8. The molecular formula is C23H17Cl4N3O2. The van der Waals surface area contributed by atoms with Gasteiger partial charge in [0.15, 0.2) is 0 Å². The lowest BCUT2D eigenvalue weighted by Crippen LogP contribution is -2.27. The summed E-state index contributed by atoms with van der Waals surface area (Å²) in [6, 6.07) is 18.3. The van der Waals surface area contributed by atoms with Crippen molar-refractivity contribution < 1.29 is 9.59 Å². The van der Waals surface area contributed by atoms with E-state index in [9.17, 15) is 9.59 Å². The molecule has 0 aromatic heterocycles. The molecule has 3 aromatic rings. The zero-order valence-electron chi connectivity index (χ0n) is 16.5. The number of carbonyl (C=O) groups is 2. The molecule has 0 atom stereocenters. The topological polar surface area (TPSA) is 70.2 Å². The van der Waals surface area contributed by atoms with E-state index in [2.05, 4.69) is 16.0 Å². The van der Waals surface area contributed by atoms with Gasteiger partial charge < -0.3 is 16.0 Å². The summed E-state index contributed by atoms with van der Waals surface area (Å²) in [5.74, 6) is -1.26. The molecular weight excluding hydrogens is 492 g/mol. The van der Waals surface area contributed by atoms with Gasteiger partial charge in [-0.15, -0.1) is 0 Å². The van der Waals surface area contributed by atoms with Crippen LogP contribution in [0.4, 0.5) is 11.4 Å².